The molecule has 1 heterocycles. The van der Waals surface area contributed by atoms with Crippen LogP contribution in [0.4, 0.5) is 0 Å². The van der Waals surface area contributed by atoms with Crippen LogP contribution in [0.1, 0.15) is 61.8 Å². The third-order valence-corrected chi connectivity index (χ3v) is 7.79. The molecule has 0 bridgehead atoms. The number of fused-ring (bicyclic) bond motifs is 3. The first-order valence-corrected chi connectivity index (χ1v) is 12.2. The van der Waals surface area contributed by atoms with Crippen molar-refractivity contribution in [3.63, 3.8) is 0 Å². The first-order chi connectivity index (χ1) is 16.7. The molecule has 1 saturated heterocycles. The fourth-order valence-electron chi connectivity index (χ4n) is 5.73. The van der Waals surface area contributed by atoms with Gasteiger partial charge in [-0.25, -0.2) is 14.4 Å². The molecule has 2 aliphatic carbocycles. The molecule has 0 unspecified atom stereocenters. The van der Waals surface area contributed by atoms with Crippen LogP contribution in [-0.4, -0.2) is 58.5 Å². The number of rotatable bonds is 5. The second-order valence-electron chi connectivity index (χ2n) is 10.4. The first-order valence-electron chi connectivity index (χ1n) is 12.2. The summed E-state index contributed by atoms with van der Waals surface area (Å²) in [6.07, 6.45) is 2.16. The summed E-state index contributed by atoms with van der Waals surface area (Å²) in [5.41, 5.74) is -1.79. The molecule has 9 nitrogen and oxygen atoms in total. The summed E-state index contributed by atoms with van der Waals surface area (Å²) in [4.78, 5) is 50.7. The van der Waals surface area contributed by atoms with Gasteiger partial charge in [-0.1, -0.05) is 17.7 Å². The fraction of sp³-hybridized carbons (Fsp3) is 0.630. The van der Waals surface area contributed by atoms with Crippen LogP contribution < -0.4 is 0 Å². The lowest BCUT2D eigenvalue weighted by molar-refractivity contribution is -0.179. The minimum absolute atomic E-state index is 0.0843. The zero-order chi connectivity index (χ0) is 27.2. The van der Waals surface area contributed by atoms with Gasteiger partial charge in [0.05, 0.1) is 11.5 Å². The van der Waals surface area contributed by atoms with E-state index in [2.05, 4.69) is 0 Å². The summed E-state index contributed by atoms with van der Waals surface area (Å²) in [6, 6.07) is 0. The predicted octanol–water partition coefficient (Wildman–Crippen LogP) is 2.95. The molecule has 0 aromatic heterocycles. The molecule has 1 saturated carbocycles. The molecule has 8 atom stereocenters. The van der Waals surface area contributed by atoms with Crippen LogP contribution in [0, 0.1) is 17.8 Å². The molecule has 3 rings (SSSR count). The van der Waals surface area contributed by atoms with Crippen LogP contribution in [0.2, 0.25) is 0 Å². The van der Waals surface area contributed by atoms with Crippen LogP contribution in [0.25, 0.3) is 0 Å². The van der Waals surface area contributed by atoms with Crippen molar-refractivity contribution in [3.8, 4) is 0 Å². The van der Waals surface area contributed by atoms with Gasteiger partial charge in [0.25, 0.3) is 0 Å². The fourth-order valence-corrected chi connectivity index (χ4v) is 5.73. The molecule has 0 aromatic carbocycles. The highest BCUT2D eigenvalue weighted by Crippen LogP contribution is 2.55. The van der Waals surface area contributed by atoms with E-state index in [9.17, 15) is 24.3 Å². The van der Waals surface area contributed by atoms with Crippen LogP contribution in [-0.2, 0) is 38.1 Å². The minimum atomic E-state index is -1.77. The molecule has 0 aromatic rings. The molecule has 36 heavy (non-hydrogen) atoms. The summed E-state index contributed by atoms with van der Waals surface area (Å²) >= 11 is 0. The van der Waals surface area contributed by atoms with Crippen LogP contribution >= 0.6 is 0 Å². The van der Waals surface area contributed by atoms with Gasteiger partial charge in [0.15, 0.2) is 0 Å². The third-order valence-electron chi connectivity index (χ3n) is 7.79. The summed E-state index contributed by atoms with van der Waals surface area (Å²) in [5.74, 6) is -4.75. The minimum Gasteiger partial charge on any atom is -0.462 e. The highest BCUT2D eigenvalue weighted by Gasteiger charge is 2.69. The van der Waals surface area contributed by atoms with Gasteiger partial charge in [0.2, 0.25) is 5.60 Å². The van der Waals surface area contributed by atoms with Gasteiger partial charge in [0, 0.05) is 36.3 Å². The van der Waals surface area contributed by atoms with Crippen LogP contribution in [0.3, 0.4) is 0 Å². The summed E-state index contributed by atoms with van der Waals surface area (Å²) in [7, 11) is 0. The molecule has 1 aliphatic heterocycles. The highest BCUT2D eigenvalue weighted by molar-refractivity contribution is 5.92. The largest absolute Gasteiger partial charge is 0.462 e. The van der Waals surface area contributed by atoms with Crippen molar-refractivity contribution in [1.82, 2.24) is 0 Å². The lowest BCUT2D eigenvalue weighted by Gasteiger charge is -2.37. The number of carbonyl (C=O) groups excluding carboxylic acids is 4. The SMILES string of the molecule is C/C=C(/C)C(=O)O[C@@H]1C=C(C)[C@H]2[C@@H]3OC(=O)[C@@](C)(OC(=O)/C(C)=C\C)[C@@H]3[C@@H](OC(C)=O)C[C@](C)(O)[C@H]21. The maximum absolute atomic E-state index is 13.3. The average Bonchev–Trinajstić information content (AvgIpc) is 3.20. The Bertz CT molecular complexity index is 1050. The normalized spacial score (nSPS) is 38.2. The van der Waals surface area contributed by atoms with Crippen molar-refractivity contribution >= 4 is 23.9 Å². The molecular weight excluding hydrogens is 468 g/mol. The number of carbonyl (C=O) groups is 4. The first kappa shape index (κ1) is 27.6. The average molecular weight is 505 g/mol. The van der Waals surface area contributed by atoms with Crippen molar-refractivity contribution in [3.05, 3.63) is 34.9 Å². The summed E-state index contributed by atoms with van der Waals surface area (Å²) in [5, 5.41) is 11.7. The van der Waals surface area contributed by atoms with E-state index in [1.165, 1.54) is 13.8 Å². The second-order valence-corrected chi connectivity index (χ2v) is 10.4. The van der Waals surface area contributed by atoms with Gasteiger partial charge in [-0.2, -0.15) is 0 Å². The maximum Gasteiger partial charge on any atom is 0.351 e. The smallest absolute Gasteiger partial charge is 0.351 e. The van der Waals surface area contributed by atoms with Crippen molar-refractivity contribution in [2.75, 3.05) is 0 Å². The van der Waals surface area contributed by atoms with Gasteiger partial charge in [-0.15, -0.1) is 0 Å². The number of ether oxygens (including phenoxy) is 4. The van der Waals surface area contributed by atoms with Crippen LogP contribution in [0.5, 0.6) is 0 Å². The number of allylic oxidation sites excluding steroid dienone is 2. The Morgan fingerprint density at radius 1 is 1.03 bits per heavy atom. The number of hydrogen-bond acceptors (Lipinski definition) is 9. The lowest BCUT2D eigenvalue weighted by Crippen LogP contribution is -2.51. The zero-order valence-electron chi connectivity index (χ0n) is 22.1. The monoisotopic (exact) mass is 504 g/mol. The molecular formula is C27H36O9. The highest BCUT2D eigenvalue weighted by atomic mass is 16.6. The zero-order valence-corrected chi connectivity index (χ0v) is 22.1. The molecule has 0 spiro atoms. The number of aliphatic hydroxyl groups is 1. The van der Waals surface area contributed by atoms with Gasteiger partial charge >= 0.3 is 23.9 Å². The number of esters is 4. The van der Waals surface area contributed by atoms with E-state index < -0.39 is 71.1 Å². The molecule has 0 amide bonds. The Hall–Kier alpha value is -2.94. The maximum atomic E-state index is 13.3. The standard InChI is InChI=1S/C27H36O9/c1-9-13(3)23(29)34-17-11-15(5)19-20(17)26(7,32)12-18(33-16(6)28)21-22(19)35-25(31)27(21,8)36-24(30)14(4)10-2/h9-11,17-22,32H,12H2,1-8H3/b13-9-,14-10-/t17-,18+,19-,20+,21-,22+,26+,27+/m1/s1. The Balaban J connectivity index is 2.11. The molecule has 9 heteroatoms. The predicted molar refractivity (Wildman–Crippen MR) is 128 cm³/mol. The van der Waals surface area contributed by atoms with E-state index in [1.807, 2.05) is 6.92 Å². The van der Waals surface area contributed by atoms with Crippen molar-refractivity contribution in [2.45, 2.75) is 91.3 Å². The topological polar surface area (TPSA) is 125 Å². The third kappa shape index (κ3) is 4.73. The van der Waals surface area contributed by atoms with Crippen LogP contribution in [0.15, 0.2) is 34.9 Å². The van der Waals surface area contributed by atoms with Crippen molar-refractivity contribution in [2.24, 2.45) is 17.8 Å². The van der Waals surface area contributed by atoms with Gasteiger partial charge in [-0.05, 0) is 54.5 Å². The van der Waals surface area contributed by atoms with Gasteiger partial charge in [-0.3, -0.25) is 4.79 Å². The van der Waals surface area contributed by atoms with E-state index in [-0.39, 0.29) is 6.42 Å². The van der Waals surface area contributed by atoms with E-state index in [4.69, 9.17) is 18.9 Å². The van der Waals surface area contributed by atoms with Gasteiger partial charge in [0.1, 0.15) is 18.3 Å². The molecule has 2 fully saturated rings. The molecule has 198 valence electrons. The van der Waals surface area contributed by atoms with E-state index in [0.29, 0.717) is 11.1 Å². The molecule has 0 radical (unpaired) electrons. The summed E-state index contributed by atoms with van der Waals surface area (Å²) in [6.45, 7) is 12.7. The second kappa shape index (κ2) is 9.84. The Morgan fingerprint density at radius 3 is 2.17 bits per heavy atom. The van der Waals surface area contributed by atoms with Gasteiger partial charge < -0.3 is 24.1 Å². The lowest BCUT2D eigenvalue weighted by atomic mass is 9.74. The Kier molecular flexibility index (Phi) is 7.56. The van der Waals surface area contributed by atoms with Crippen molar-refractivity contribution < 1.29 is 43.2 Å². The number of hydrogen-bond donors (Lipinski definition) is 1. The molecule has 1 N–H and O–H groups in total. The Labute approximate surface area is 211 Å². The quantitative estimate of drug-likeness (QED) is 0.260. The van der Waals surface area contributed by atoms with E-state index in [0.717, 1.165) is 5.57 Å². The van der Waals surface area contributed by atoms with E-state index >= 15 is 0 Å². The summed E-state index contributed by atoms with van der Waals surface area (Å²) < 4.78 is 23.0. The van der Waals surface area contributed by atoms with E-state index in [1.54, 1.807) is 52.8 Å². The molecule has 3 aliphatic rings. The van der Waals surface area contributed by atoms with Crippen molar-refractivity contribution in [1.29, 1.82) is 0 Å². The Morgan fingerprint density at radius 2 is 1.61 bits per heavy atom.